The lowest BCUT2D eigenvalue weighted by atomic mass is 10.1. The van der Waals surface area contributed by atoms with Crippen molar-refractivity contribution in [3.63, 3.8) is 0 Å². The second kappa shape index (κ2) is 10.9. The van der Waals surface area contributed by atoms with Gasteiger partial charge in [0.15, 0.2) is 0 Å². The molecule has 0 bridgehead atoms. The molecule has 0 aliphatic carbocycles. The van der Waals surface area contributed by atoms with Crippen LogP contribution in [0.1, 0.15) is 41.3 Å². The Labute approximate surface area is 195 Å². The zero-order chi connectivity index (χ0) is 23.1. The number of aromatic hydroxyl groups is 1. The zero-order valence-electron chi connectivity index (χ0n) is 17.5. The summed E-state index contributed by atoms with van der Waals surface area (Å²) in [5.41, 5.74) is 7.01. The third-order valence-electron chi connectivity index (χ3n) is 4.77. The largest absolute Gasteiger partial charge is 0.508 e. The van der Waals surface area contributed by atoms with Gasteiger partial charge in [-0.3, -0.25) is 30.1 Å². The van der Waals surface area contributed by atoms with Crippen LogP contribution < -0.4 is 10.9 Å². The van der Waals surface area contributed by atoms with E-state index in [-0.39, 0.29) is 23.6 Å². The number of benzene rings is 2. The zero-order valence-corrected chi connectivity index (χ0v) is 19.1. The summed E-state index contributed by atoms with van der Waals surface area (Å²) in [5.74, 6) is -1.14. The molecule has 0 radical (unpaired) electrons. The maximum atomic E-state index is 12.7. The molecular weight excluding hydrogens is 446 g/mol. The first-order valence-electron chi connectivity index (χ1n) is 10.1. The van der Waals surface area contributed by atoms with Crippen molar-refractivity contribution in [3.05, 3.63) is 70.1 Å². The van der Waals surface area contributed by atoms with Crippen molar-refractivity contribution < 1.29 is 19.5 Å². The van der Waals surface area contributed by atoms with Gasteiger partial charge in [0.2, 0.25) is 5.91 Å². The van der Waals surface area contributed by atoms with Crippen LogP contribution >= 0.6 is 24.0 Å². The van der Waals surface area contributed by atoms with Crippen molar-refractivity contribution in [1.82, 2.24) is 15.8 Å². The molecule has 32 heavy (non-hydrogen) atoms. The lowest BCUT2D eigenvalue weighted by Gasteiger charge is -2.14. The lowest BCUT2D eigenvalue weighted by molar-refractivity contribution is -0.124. The minimum absolute atomic E-state index is 0.0421. The van der Waals surface area contributed by atoms with E-state index in [4.69, 9.17) is 12.2 Å². The SMILES string of the molecule is CCc1ccc(C=C2SC(=S)N(CCCC(=O)NNC(=O)c3cccc(O)c3)C2=O)cc1. The Morgan fingerprint density at radius 2 is 1.91 bits per heavy atom. The van der Waals surface area contributed by atoms with Crippen LogP contribution in [0.25, 0.3) is 6.08 Å². The van der Waals surface area contributed by atoms with Crippen molar-refractivity contribution in [1.29, 1.82) is 0 Å². The normalized spacial score (nSPS) is 14.7. The van der Waals surface area contributed by atoms with Crippen molar-refractivity contribution in [2.75, 3.05) is 6.54 Å². The average Bonchev–Trinajstić information content (AvgIpc) is 3.05. The highest BCUT2D eigenvalue weighted by atomic mass is 32.2. The number of hydrogen-bond acceptors (Lipinski definition) is 6. The molecule has 166 valence electrons. The van der Waals surface area contributed by atoms with E-state index in [1.807, 2.05) is 30.3 Å². The van der Waals surface area contributed by atoms with Gasteiger partial charge in [-0.1, -0.05) is 61.2 Å². The minimum Gasteiger partial charge on any atom is -0.508 e. The number of carbonyl (C=O) groups is 3. The second-order valence-electron chi connectivity index (χ2n) is 7.08. The van der Waals surface area contributed by atoms with Gasteiger partial charge in [-0.05, 0) is 48.2 Å². The van der Waals surface area contributed by atoms with Gasteiger partial charge in [-0.25, -0.2) is 0 Å². The van der Waals surface area contributed by atoms with E-state index in [0.29, 0.717) is 22.2 Å². The number of nitrogens with zero attached hydrogens (tertiary/aromatic N) is 1. The first-order valence-corrected chi connectivity index (χ1v) is 11.3. The van der Waals surface area contributed by atoms with Crippen LogP contribution in [0.15, 0.2) is 53.4 Å². The van der Waals surface area contributed by atoms with Crippen molar-refractivity contribution in [3.8, 4) is 5.75 Å². The fourth-order valence-electron chi connectivity index (χ4n) is 3.00. The number of hydrogen-bond donors (Lipinski definition) is 3. The predicted octanol–water partition coefficient (Wildman–Crippen LogP) is 3.40. The summed E-state index contributed by atoms with van der Waals surface area (Å²) in [6.45, 7) is 2.40. The molecule has 1 aliphatic heterocycles. The fraction of sp³-hybridized carbons (Fsp3) is 0.217. The summed E-state index contributed by atoms with van der Waals surface area (Å²) >= 11 is 6.58. The number of thioether (sulfide) groups is 1. The Bertz CT molecular complexity index is 1070. The molecule has 1 aliphatic rings. The van der Waals surface area contributed by atoms with Gasteiger partial charge in [0.1, 0.15) is 10.1 Å². The number of rotatable bonds is 7. The summed E-state index contributed by atoms with van der Waals surface area (Å²) in [6.07, 6.45) is 3.27. The number of hydrazine groups is 1. The Balaban J connectivity index is 1.46. The molecule has 1 fully saturated rings. The summed E-state index contributed by atoms with van der Waals surface area (Å²) in [7, 11) is 0. The van der Waals surface area contributed by atoms with Crippen LogP contribution in [0.2, 0.25) is 0 Å². The second-order valence-corrected chi connectivity index (χ2v) is 8.76. The summed E-state index contributed by atoms with van der Waals surface area (Å²) in [6, 6.07) is 13.8. The molecule has 3 rings (SSSR count). The number of phenolic OH excluding ortho intramolecular Hbond substituents is 1. The molecular formula is C23H23N3O4S2. The van der Waals surface area contributed by atoms with Crippen LogP contribution in [-0.4, -0.2) is 38.6 Å². The first-order chi connectivity index (χ1) is 15.4. The van der Waals surface area contributed by atoms with E-state index in [2.05, 4.69) is 17.8 Å². The van der Waals surface area contributed by atoms with E-state index in [9.17, 15) is 19.5 Å². The predicted molar refractivity (Wildman–Crippen MR) is 129 cm³/mol. The van der Waals surface area contributed by atoms with E-state index in [0.717, 1.165) is 12.0 Å². The van der Waals surface area contributed by atoms with Crippen molar-refractivity contribution in [2.24, 2.45) is 0 Å². The van der Waals surface area contributed by atoms with E-state index in [1.54, 1.807) is 0 Å². The van der Waals surface area contributed by atoms with Gasteiger partial charge in [0, 0.05) is 18.5 Å². The topological polar surface area (TPSA) is 98.7 Å². The average molecular weight is 470 g/mol. The standard InChI is InChI=1S/C23H23N3O4S2/c1-2-15-8-10-16(11-9-15)13-19-22(30)26(23(31)32-19)12-4-7-20(28)24-25-21(29)17-5-3-6-18(27)14-17/h3,5-6,8-11,13-14,27H,2,4,7,12H2,1H3,(H,24,28)(H,25,29). The fourth-order valence-corrected chi connectivity index (χ4v) is 4.31. The Morgan fingerprint density at radius 1 is 1.16 bits per heavy atom. The van der Waals surface area contributed by atoms with Gasteiger partial charge in [-0.15, -0.1) is 0 Å². The number of thiocarbonyl (C=S) groups is 1. The molecule has 0 saturated carbocycles. The summed E-state index contributed by atoms with van der Waals surface area (Å²) in [5, 5.41) is 9.41. The number of aryl methyl sites for hydroxylation is 1. The molecule has 9 heteroatoms. The maximum Gasteiger partial charge on any atom is 0.269 e. The van der Waals surface area contributed by atoms with Gasteiger partial charge < -0.3 is 5.11 Å². The van der Waals surface area contributed by atoms with Crippen molar-refractivity contribution in [2.45, 2.75) is 26.2 Å². The number of nitrogens with one attached hydrogen (secondary N) is 2. The smallest absolute Gasteiger partial charge is 0.269 e. The highest BCUT2D eigenvalue weighted by Crippen LogP contribution is 2.32. The molecule has 0 aromatic heterocycles. The number of carbonyl (C=O) groups excluding carboxylic acids is 3. The molecule has 2 aromatic rings. The van der Waals surface area contributed by atoms with Gasteiger partial charge in [0.25, 0.3) is 11.8 Å². The van der Waals surface area contributed by atoms with Crippen LogP contribution in [-0.2, 0) is 16.0 Å². The molecule has 0 unspecified atom stereocenters. The Hall–Kier alpha value is -3.17. The third kappa shape index (κ3) is 6.18. The van der Waals surface area contributed by atoms with E-state index in [1.165, 1.54) is 46.5 Å². The van der Waals surface area contributed by atoms with E-state index < -0.39 is 11.8 Å². The molecule has 0 atom stereocenters. The summed E-state index contributed by atoms with van der Waals surface area (Å²) in [4.78, 5) is 38.7. The summed E-state index contributed by atoms with van der Waals surface area (Å²) < 4.78 is 0.462. The van der Waals surface area contributed by atoms with Crippen molar-refractivity contribution >= 4 is 52.1 Å². The first kappa shape index (κ1) is 23.5. The monoisotopic (exact) mass is 469 g/mol. The van der Waals surface area contributed by atoms with Crippen LogP contribution in [0.3, 0.4) is 0 Å². The molecule has 2 aromatic carbocycles. The molecule has 1 saturated heterocycles. The highest BCUT2D eigenvalue weighted by molar-refractivity contribution is 8.26. The lowest BCUT2D eigenvalue weighted by Crippen LogP contribution is -2.41. The number of amides is 3. The van der Waals surface area contributed by atoms with Crippen LogP contribution in [0.5, 0.6) is 5.75 Å². The van der Waals surface area contributed by atoms with Crippen LogP contribution in [0.4, 0.5) is 0 Å². The third-order valence-corrected chi connectivity index (χ3v) is 6.15. The molecule has 1 heterocycles. The molecule has 7 nitrogen and oxygen atoms in total. The molecule has 3 N–H and O–H groups in total. The maximum absolute atomic E-state index is 12.7. The highest BCUT2D eigenvalue weighted by Gasteiger charge is 2.31. The van der Waals surface area contributed by atoms with Crippen LogP contribution in [0, 0.1) is 0 Å². The Kier molecular flexibility index (Phi) is 8.02. The van der Waals surface area contributed by atoms with Gasteiger partial charge in [0.05, 0.1) is 4.91 Å². The quantitative estimate of drug-likeness (QED) is 0.327. The Morgan fingerprint density at radius 3 is 2.59 bits per heavy atom. The van der Waals surface area contributed by atoms with Gasteiger partial charge >= 0.3 is 0 Å². The van der Waals surface area contributed by atoms with Gasteiger partial charge in [-0.2, -0.15) is 0 Å². The minimum atomic E-state index is -0.539. The number of phenols is 1. The molecule has 3 amide bonds. The molecule has 0 spiro atoms. The van der Waals surface area contributed by atoms with E-state index >= 15 is 0 Å².